The first kappa shape index (κ1) is 22.2. The molecule has 0 aliphatic carbocycles. The first-order valence-corrected chi connectivity index (χ1v) is 8.78. The van der Waals surface area contributed by atoms with Gasteiger partial charge in [-0.25, -0.2) is 0 Å². The number of primary amides is 1. The number of rotatable bonds is 13. The van der Waals surface area contributed by atoms with Crippen molar-refractivity contribution < 1.29 is 9.59 Å². The molecule has 0 aliphatic rings. The average Bonchev–Trinajstić information content (AvgIpc) is 2.42. The standard InChI is InChI=1S/C16H34N4O2S/c1-13(23)11-16(2,3)12-19-15(22)6-9-20(10-7-18-4)8-5-14(17)21/h13,18,23H,5-12H2,1-4H3,(H2,17,21)(H,19,22). The first-order valence-electron chi connectivity index (χ1n) is 8.26. The number of thiol groups is 1. The Morgan fingerprint density at radius 3 is 2.35 bits per heavy atom. The van der Waals surface area contributed by atoms with E-state index in [0.717, 1.165) is 19.5 Å². The summed E-state index contributed by atoms with van der Waals surface area (Å²) in [5, 5.41) is 6.38. The van der Waals surface area contributed by atoms with Crippen LogP contribution in [-0.2, 0) is 9.59 Å². The Balaban J connectivity index is 4.16. The summed E-state index contributed by atoms with van der Waals surface area (Å²) in [4.78, 5) is 25.0. The van der Waals surface area contributed by atoms with Crippen LogP contribution in [0.3, 0.4) is 0 Å². The van der Waals surface area contributed by atoms with E-state index in [4.69, 9.17) is 5.73 Å². The van der Waals surface area contributed by atoms with Crippen molar-refractivity contribution in [3.63, 3.8) is 0 Å². The zero-order chi connectivity index (χ0) is 17.9. The predicted molar refractivity (Wildman–Crippen MR) is 98.7 cm³/mol. The highest BCUT2D eigenvalue weighted by Gasteiger charge is 2.20. The molecule has 0 aromatic heterocycles. The lowest BCUT2D eigenvalue weighted by atomic mass is 9.88. The Labute approximate surface area is 146 Å². The number of nitrogens with two attached hydrogens (primary N) is 1. The van der Waals surface area contributed by atoms with E-state index in [1.165, 1.54) is 0 Å². The molecule has 0 saturated heterocycles. The Morgan fingerprint density at radius 1 is 1.22 bits per heavy atom. The van der Waals surface area contributed by atoms with Gasteiger partial charge in [-0.15, -0.1) is 0 Å². The van der Waals surface area contributed by atoms with Crippen LogP contribution < -0.4 is 16.4 Å². The summed E-state index contributed by atoms with van der Waals surface area (Å²) >= 11 is 4.41. The van der Waals surface area contributed by atoms with Crippen molar-refractivity contribution >= 4 is 24.4 Å². The van der Waals surface area contributed by atoms with E-state index in [0.29, 0.717) is 37.7 Å². The molecule has 0 fully saturated rings. The van der Waals surface area contributed by atoms with Crippen LogP contribution in [0.1, 0.15) is 40.0 Å². The fourth-order valence-electron chi connectivity index (χ4n) is 2.43. The third-order valence-electron chi connectivity index (χ3n) is 3.62. The maximum Gasteiger partial charge on any atom is 0.221 e. The van der Waals surface area contributed by atoms with Crippen LogP contribution in [0, 0.1) is 5.41 Å². The molecule has 0 rings (SSSR count). The van der Waals surface area contributed by atoms with Gasteiger partial charge in [0, 0.05) is 45.6 Å². The summed E-state index contributed by atoms with van der Waals surface area (Å²) in [5.41, 5.74) is 5.23. The van der Waals surface area contributed by atoms with Gasteiger partial charge in [0.15, 0.2) is 0 Å². The summed E-state index contributed by atoms with van der Waals surface area (Å²) < 4.78 is 0. The Morgan fingerprint density at radius 2 is 1.83 bits per heavy atom. The summed E-state index contributed by atoms with van der Waals surface area (Å²) in [7, 11) is 1.88. The third kappa shape index (κ3) is 13.4. The van der Waals surface area contributed by atoms with Gasteiger partial charge in [0.05, 0.1) is 0 Å². The van der Waals surface area contributed by atoms with Crippen molar-refractivity contribution in [3.05, 3.63) is 0 Å². The Bertz CT molecular complexity index is 362. The van der Waals surface area contributed by atoms with Crippen molar-refractivity contribution in [1.82, 2.24) is 15.5 Å². The maximum atomic E-state index is 12.0. The molecule has 6 nitrogen and oxygen atoms in total. The Hall–Kier alpha value is -0.790. The van der Waals surface area contributed by atoms with Gasteiger partial charge in [0.2, 0.25) is 11.8 Å². The lowest BCUT2D eigenvalue weighted by Gasteiger charge is -2.27. The van der Waals surface area contributed by atoms with Crippen molar-refractivity contribution in [2.24, 2.45) is 11.1 Å². The van der Waals surface area contributed by atoms with Gasteiger partial charge >= 0.3 is 0 Å². The van der Waals surface area contributed by atoms with Crippen molar-refractivity contribution in [1.29, 1.82) is 0 Å². The molecule has 0 radical (unpaired) electrons. The number of hydrogen-bond acceptors (Lipinski definition) is 5. The summed E-state index contributed by atoms with van der Waals surface area (Å²) in [6.07, 6.45) is 1.69. The minimum atomic E-state index is -0.313. The Kier molecular flexibility index (Phi) is 11.3. The molecule has 23 heavy (non-hydrogen) atoms. The van der Waals surface area contributed by atoms with Gasteiger partial charge in [-0.3, -0.25) is 9.59 Å². The fraction of sp³-hybridized carbons (Fsp3) is 0.875. The van der Waals surface area contributed by atoms with Crippen LogP contribution >= 0.6 is 12.6 Å². The summed E-state index contributed by atoms with van der Waals surface area (Å²) in [6, 6.07) is 0. The lowest BCUT2D eigenvalue weighted by molar-refractivity contribution is -0.121. The van der Waals surface area contributed by atoms with Gasteiger partial charge in [-0.1, -0.05) is 20.8 Å². The molecule has 136 valence electrons. The lowest BCUT2D eigenvalue weighted by Crippen LogP contribution is -2.39. The highest BCUT2D eigenvalue weighted by Crippen LogP contribution is 2.23. The molecular formula is C16H34N4O2S. The van der Waals surface area contributed by atoms with Gasteiger partial charge in [0.1, 0.15) is 0 Å². The summed E-state index contributed by atoms with van der Waals surface area (Å²) in [6.45, 7) is 9.79. The number of amides is 2. The topological polar surface area (TPSA) is 87.5 Å². The second kappa shape index (κ2) is 11.7. The second-order valence-corrected chi connectivity index (χ2v) is 7.79. The van der Waals surface area contributed by atoms with Crippen LogP contribution in [0.15, 0.2) is 0 Å². The zero-order valence-electron chi connectivity index (χ0n) is 15.0. The van der Waals surface area contributed by atoms with Crippen LogP contribution in [0.2, 0.25) is 0 Å². The smallest absolute Gasteiger partial charge is 0.221 e. The van der Waals surface area contributed by atoms with Gasteiger partial charge in [0.25, 0.3) is 0 Å². The van der Waals surface area contributed by atoms with Crippen LogP contribution in [0.4, 0.5) is 0 Å². The largest absolute Gasteiger partial charge is 0.370 e. The van der Waals surface area contributed by atoms with Crippen LogP contribution in [0.25, 0.3) is 0 Å². The maximum absolute atomic E-state index is 12.0. The third-order valence-corrected chi connectivity index (χ3v) is 3.80. The predicted octanol–water partition coefficient (Wildman–Crippen LogP) is 0.624. The molecule has 1 unspecified atom stereocenters. The SMILES string of the molecule is CNCCN(CCC(N)=O)CCC(=O)NCC(C)(C)CC(C)S. The number of hydrogen-bond donors (Lipinski definition) is 4. The second-order valence-electron chi connectivity index (χ2n) is 6.91. The number of likely N-dealkylation sites (N-methyl/N-ethyl adjacent to an activating group) is 1. The van der Waals surface area contributed by atoms with Crippen molar-refractivity contribution in [2.75, 3.05) is 39.8 Å². The quantitative estimate of drug-likeness (QED) is 0.368. The van der Waals surface area contributed by atoms with E-state index in [2.05, 4.69) is 48.9 Å². The minimum absolute atomic E-state index is 0.0363. The number of carbonyl (C=O) groups excluding carboxylic acids is 2. The zero-order valence-corrected chi connectivity index (χ0v) is 15.9. The summed E-state index contributed by atoms with van der Waals surface area (Å²) in [5.74, 6) is -0.273. The van der Waals surface area contributed by atoms with Crippen molar-refractivity contribution in [3.8, 4) is 0 Å². The van der Waals surface area contributed by atoms with E-state index in [1.54, 1.807) is 0 Å². The molecule has 0 bridgehead atoms. The molecular weight excluding hydrogens is 312 g/mol. The highest BCUT2D eigenvalue weighted by atomic mass is 32.1. The number of nitrogens with one attached hydrogen (secondary N) is 2. The molecule has 0 aromatic carbocycles. The van der Waals surface area contributed by atoms with E-state index >= 15 is 0 Å². The van der Waals surface area contributed by atoms with Gasteiger partial charge in [-0.05, 0) is 24.1 Å². The minimum Gasteiger partial charge on any atom is -0.370 e. The molecule has 0 saturated carbocycles. The van der Waals surface area contributed by atoms with Crippen LogP contribution in [-0.4, -0.2) is 61.7 Å². The van der Waals surface area contributed by atoms with Gasteiger partial charge < -0.3 is 21.3 Å². The normalized spacial score (nSPS) is 13.1. The average molecular weight is 347 g/mol. The molecule has 7 heteroatoms. The molecule has 4 N–H and O–H groups in total. The first-order chi connectivity index (χ1) is 10.7. The van der Waals surface area contributed by atoms with Gasteiger partial charge in [-0.2, -0.15) is 12.6 Å². The fourth-order valence-corrected chi connectivity index (χ4v) is 2.93. The van der Waals surface area contributed by atoms with E-state index in [1.807, 2.05) is 7.05 Å². The van der Waals surface area contributed by atoms with E-state index in [9.17, 15) is 9.59 Å². The number of carbonyl (C=O) groups is 2. The monoisotopic (exact) mass is 346 g/mol. The highest BCUT2D eigenvalue weighted by molar-refractivity contribution is 7.80. The molecule has 0 aromatic rings. The van der Waals surface area contributed by atoms with E-state index in [-0.39, 0.29) is 17.2 Å². The number of nitrogens with zero attached hydrogens (tertiary/aromatic N) is 1. The van der Waals surface area contributed by atoms with Crippen LogP contribution in [0.5, 0.6) is 0 Å². The molecule has 0 aliphatic heterocycles. The van der Waals surface area contributed by atoms with Crippen molar-refractivity contribution in [2.45, 2.75) is 45.3 Å². The molecule has 1 atom stereocenters. The van der Waals surface area contributed by atoms with E-state index < -0.39 is 0 Å². The molecule has 0 spiro atoms. The molecule has 2 amide bonds. The molecule has 0 heterocycles.